The lowest BCUT2D eigenvalue weighted by molar-refractivity contribution is -0.121. The fourth-order valence-corrected chi connectivity index (χ4v) is 3.87. The van der Waals surface area contributed by atoms with Crippen LogP contribution in [0.5, 0.6) is 0 Å². The Bertz CT molecular complexity index is 980. The first-order valence-electron chi connectivity index (χ1n) is 9.99. The number of likely N-dealkylation sites (N-methyl/N-ethyl adjacent to an activating group) is 1. The normalized spacial score (nSPS) is 15.7. The number of carbonyl (C=O) groups excluding carboxylic acids is 1. The maximum absolute atomic E-state index is 12.5. The van der Waals surface area contributed by atoms with E-state index in [0.29, 0.717) is 11.6 Å². The van der Waals surface area contributed by atoms with Crippen molar-refractivity contribution in [2.75, 3.05) is 46.3 Å². The molecule has 1 fully saturated rings. The number of nitrogens with zero attached hydrogens (tertiary/aromatic N) is 4. The number of carbonyl (C=O) groups is 1. The van der Waals surface area contributed by atoms with Gasteiger partial charge in [-0.05, 0) is 25.2 Å². The second kappa shape index (κ2) is 8.95. The van der Waals surface area contributed by atoms with E-state index >= 15 is 0 Å². The summed E-state index contributed by atoms with van der Waals surface area (Å²) in [6.07, 6.45) is 0. The third-order valence-electron chi connectivity index (χ3n) is 5.40. The second-order valence-corrected chi connectivity index (χ2v) is 7.97. The Balaban J connectivity index is 1.44. The molecular weight excluding hydrogens is 386 g/mol. The van der Waals surface area contributed by atoms with Crippen molar-refractivity contribution in [3.63, 3.8) is 0 Å². The van der Waals surface area contributed by atoms with Gasteiger partial charge in [0.15, 0.2) is 0 Å². The summed E-state index contributed by atoms with van der Waals surface area (Å²) in [5.41, 5.74) is 2.75. The molecule has 4 rings (SSSR count). The van der Waals surface area contributed by atoms with E-state index in [0.717, 1.165) is 54.9 Å². The zero-order valence-electron chi connectivity index (χ0n) is 16.6. The van der Waals surface area contributed by atoms with Gasteiger partial charge in [0.25, 0.3) is 0 Å². The van der Waals surface area contributed by atoms with Crippen LogP contribution < -0.4 is 5.32 Å². The van der Waals surface area contributed by atoms with E-state index in [1.807, 2.05) is 48.5 Å². The van der Waals surface area contributed by atoms with Crippen molar-refractivity contribution in [1.82, 2.24) is 24.9 Å². The van der Waals surface area contributed by atoms with E-state index in [2.05, 4.69) is 22.2 Å². The van der Waals surface area contributed by atoms with E-state index in [-0.39, 0.29) is 12.5 Å². The number of aromatic nitrogens is 2. The molecule has 29 heavy (non-hydrogen) atoms. The standard InChI is InChI=1S/C22H26ClN5O/c1-26-11-13-27(14-12-26)10-9-24-21(29)16-28-20-8-7-18(23)15-19(20)22(25-28)17-5-3-2-4-6-17/h2-8,15H,9-14,16H2,1H3,(H,24,29). The molecule has 0 saturated carbocycles. The van der Waals surface area contributed by atoms with Crippen molar-refractivity contribution < 1.29 is 4.79 Å². The molecule has 1 saturated heterocycles. The van der Waals surface area contributed by atoms with Crippen LogP contribution in [0, 0.1) is 0 Å². The lowest BCUT2D eigenvalue weighted by Crippen LogP contribution is -2.47. The number of nitrogens with one attached hydrogen (secondary N) is 1. The molecule has 6 nitrogen and oxygen atoms in total. The summed E-state index contributed by atoms with van der Waals surface area (Å²) in [6, 6.07) is 15.6. The summed E-state index contributed by atoms with van der Waals surface area (Å²) in [7, 11) is 2.14. The average Bonchev–Trinajstić information content (AvgIpc) is 3.07. The molecule has 1 aromatic heterocycles. The largest absolute Gasteiger partial charge is 0.353 e. The summed E-state index contributed by atoms with van der Waals surface area (Å²) in [5, 5.41) is 9.37. The maximum Gasteiger partial charge on any atom is 0.241 e. The summed E-state index contributed by atoms with van der Waals surface area (Å²) in [4.78, 5) is 17.3. The van der Waals surface area contributed by atoms with Crippen LogP contribution >= 0.6 is 11.6 Å². The van der Waals surface area contributed by atoms with Crippen molar-refractivity contribution in [3.05, 3.63) is 53.6 Å². The minimum atomic E-state index is -0.0295. The van der Waals surface area contributed by atoms with Gasteiger partial charge in [0.05, 0.1) is 5.52 Å². The number of amides is 1. The molecule has 152 valence electrons. The van der Waals surface area contributed by atoms with E-state index in [9.17, 15) is 4.79 Å². The van der Waals surface area contributed by atoms with Gasteiger partial charge >= 0.3 is 0 Å². The van der Waals surface area contributed by atoms with E-state index in [4.69, 9.17) is 16.7 Å². The van der Waals surface area contributed by atoms with Gasteiger partial charge in [-0.3, -0.25) is 14.4 Å². The Morgan fingerprint density at radius 2 is 1.86 bits per heavy atom. The molecule has 0 unspecified atom stereocenters. The van der Waals surface area contributed by atoms with Crippen molar-refractivity contribution >= 4 is 28.4 Å². The quantitative estimate of drug-likeness (QED) is 0.677. The Morgan fingerprint density at radius 1 is 1.10 bits per heavy atom. The number of rotatable bonds is 6. The summed E-state index contributed by atoms with van der Waals surface area (Å²) >= 11 is 6.22. The monoisotopic (exact) mass is 411 g/mol. The highest BCUT2D eigenvalue weighted by Gasteiger charge is 2.16. The molecule has 0 bridgehead atoms. The third kappa shape index (κ3) is 4.78. The Hall–Kier alpha value is -2.41. The summed E-state index contributed by atoms with van der Waals surface area (Å²) in [5.74, 6) is -0.0295. The summed E-state index contributed by atoms with van der Waals surface area (Å²) in [6.45, 7) is 5.99. The molecule has 2 heterocycles. The topological polar surface area (TPSA) is 53.4 Å². The van der Waals surface area contributed by atoms with Gasteiger partial charge in [-0.2, -0.15) is 5.10 Å². The molecule has 0 spiro atoms. The molecule has 2 aromatic carbocycles. The fraction of sp³-hybridized carbons (Fsp3) is 0.364. The van der Waals surface area contributed by atoms with Gasteiger partial charge in [0.1, 0.15) is 12.2 Å². The highest BCUT2D eigenvalue weighted by molar-refractivity contribution is 6.31. The van der Waals surface area contributed by atoms with Crippen molar-refractivity contribution in [2.24, 2.45) is 0 Å². The van der Waals surface area contributed by atoms with Gasteiger partial charge < -0.3 is 10.2 Å². The number of halogens is 1. The van der Waals surface area contributed by atoms with Crippen LogP contribution in [0.1, 0.15) is 0 Å². The molecule has 0 radical (unpaired) electrons. The van der Waals surface area contributed by atoms with E-state index in [1.165, 1.54) is 0 Å². The van der Waals surface area contributed by atoms with Crippen molar-refractivity contribution in [1.29, 1.82) is 0 Å². The molecule has 7 heteroatoms. The Kier molecular flexibility index (Phi) is 6.13. The highest BCUT2D eigenvalue weighted by Crippen LogP contribution is 2.30. The van der Waals surface area contributed by atoms with E-state index in [1.54, 1.807) is 4.68 Å². The van der Waals surface area contributed by atoms with Gasteiger partial charge in [-0.15, -0.1) is 0 Å². The van der Waals surface area contributed by atoms with Crippen molar-refractivity contribution in [2.45, 2.75) is 6.54 Å². The Labute approximate surface area is 176 Å². The van der Waals surface area contributed by atoms with Gasteiger partial charge in [-0.25, -0.2) is 0 Å². The lowest BCUT2D eigenvalue weighted by atomic mass is 10.1. The maximum atomic E-state index is 12.5. The smallest absolute Gasteiger partial charge is 0.241 e. The summed E-state index contributed by atoms with van der Waals surface area (Å²) < 4.78 is 1.76. The molecule has 0 atom stereocenters. The molecule has 1 N–H and O–H groups in total. The van der Waals surface area contributed by atoms with Crippen LogP contribution in [-0.2, 0) is 11.3 Å². The van der Waals surface area contributed by atoms with Gasteiger partial charge in [0.2, 0.25) is 5.91 Å². The number of hydrogen-bond donors (Lipinski definition) is 1. The van der Waals surface area contributed by atoms with Crippen LogP contribution in [0.4, 0.5) is 0 Å². The average molecular weight is 412 g/mol. The van der Waals surface area contributed by atoms with E-state index < -0.39 is 0 Å². The predicted octanol–water partition coefficient (Wildman–Crippen LogP) is 2.72. The second-order valence-electron chi connectivity index (χ2n) is 7.53. The lowest BCUT2D eigenvalue weighted by Gasteiger charge is -2.32. The molecule has 1 aliphatic heterocycles. The molecule has 1 amide bonds. The van der Waals surface area contributed by atoms with Crippen molar-refractivity contribution in [3.8, 4) is 11.3 Å². The number of fused-ring (bicyclic) bond motifs is 1. The zero-order valence-corrected chi connectivity index (χ0v) is 17.4. The molecule has 1 aliphatic rings. The number of hydrogen-bond acceptors (Lipinski definition) is 4. The zero-order chi connectivity index (χ0) is 20.2. The molecule has 3 aromatic rings. The minimum absolute atomic E-state index is 0.0295. The molecule has 0 aliphatic carbocycles. The number of benzene rings is 2. The third-order valence-corrected chi connectivity index (χ3v) is 5.63. The minimum Gasteiger partial charge on any atom is -0.353 e. The highest BCUT2D eigenvalue weighted by atomic mass is 35.5. The van der Waals surface area contributed by atoms with Crippen LogP contribution in [0.25, 0.3) is 22.2 Å². The fourth-order valence-electron chi connectivity index (χ4n) is 3.70. The van der Waals surface area contributed by atoms with Crippen LogP contribution in [-0.4, -0.2) is 71.8 Å². The molecular formula is C22H26ClN5O. The van der Waals surface area contributed by atoms with Crippen LogP contribution in [0.15, 0.2) is 48.5 Å². The van der Waals surface area contributed by atoms with Crippen LogP contribution in [0.3, 0.4) is 0 Å². The first-order chi connectivity index (χ1) is 14.1. The first-order valence-corrected chi connectivity index (χ1v) is 10.4. The SMILES string of the molecule is CN1CCN(CCNC(=O)Cn2nc(-c3ccccc3)c3cc(Cl)ccc32)CC1. The van der Waals surface area contributed by atoms with Crippen LogP contribution in [0.2, 0.25) is 5.02 Å². The Morgan fingerprint density at radius 3 is 2.62 bits per heavy atom. The van der Waals surface area contributed by atoms with Gasteiger partial charge in [0, 0.05) is 55.2 Å². The van der Waals surface area contributed by atoms with Gasteiger partial charge in [-0.1, -0.05) is 41.9 Å². The number of piperazine rings is 1. The first kappa shape index (κ1) is 19.9. The predicted molar refractivity (Wildman–Crippen MR) is 117 cm³/mol.